The van der Waals surface area contributed by atoms with E-state index in [1.165, 1.54) is 0 Å². The summed E-state index contributed by atoms with van der Waals surface area (Å²) in [5.74, 6) is 1.48. The summed E-state index contributed by atoms with van der Waals surface area (Å²) in [6.07, 6.45) is 0. The number of halogens is 1. The lowest BCUT2D eigenvalue weighted by molar-refractivity contribution is 0.367. The number of nitrogens with one attached hydrogen (secondary N) is 1. The molecular weight excluding hydrogens is 212 g/mol. The monoisotopic (exact) mass is 228 g/mol. The summed E-state index contributed by atoms with van der Waals surface area (Å²) in [5, 5.41) is 3.69. The van der Waals surface area contributed by atoms with E-state index in [0.29, 0.717) is 11.0 Å². The summed E-state index contributed by atoms with van der Waals surface area (Å²) in [4.78, 5) is 10.5. The normalized spacial score (nSPS) is 10.7. The molecule has 15 heavy (non-hydrogen) atoms. The number of nitrogens with zero attached hydrogens (tertiary/aromatic N) is 3. The van der Waals surface area contributed by atoms with Gasteiger partial charge in [-0.15, -0.1) is 0 Å². The van der Waals surface area contributed by atoms with E-state index < -0.39 is 0 Å². The lowest BCUT2D eigenvalue weighted by Gasteiger charge is -2.14. The van der Waals surface area contributed by atoms with Crippen LogP contribution in [0.1, 0.15) is 12.7 Å². The van der Waals surface area contributed by atoms with Gasteiger partial charge in [-0.05, 0) is 20.5 Å². The van der Waals surface area contributed by atoms with Gasteiger partial charge in [0, 0.05) is 19.2 Å². The van der Waals surface area contributed by atoms with Crippen LogP contribution in [-0.2, 0) is 0 Å². The van der Waals surface area contributed by atoms with Crippen LogP contribution in [0.4, 0.5) is 5.82 Å². The van der Waals surface area contributed by atoms with Crippen LogP contribution < -0.4 is 5.32 Å². The lowest BCUT2D eigenvalue weighted by Crippen LogP contribution is -2.25. The number of rotatable bonds is 5. The van der Waals surface area contributed by atoms with E-state index in [1.54, 1.807) is 6.07 Å². The van der Waals surface area contributed by atoms with Crippen molar-refractivity contribution in [1.82, 2.24) is 14.9 Å². The molecule has 0 aliphatic heterocycles. The second-order valence-corrected chi connectivity index (χ2v) is 3.83. The second kappa shape index (κ2) is 5.88. The van der Waals surface area contributed by atoms with Gasteiger partial charge in [0.15, 0.2) is 0 Å². The Morgan fingerprint density at radius 3 is 2.80 bits per heavy atom. The molecule has 4 nitrogen and oxygen atoms in total. The third-order valence-electron chi connectivity index (χ3n) is 2.15. The number of aromatic nitrogens is 2. The first-order valence-electron chi connectivity index (χ1n) is 5.05. The van der Waals surface area contributed by atoms with E-state index in [9.17, 15) is 0 Å². The minimum Gasteiger partial charge on any atom is -0.369 e. The predicted octanol–water partition coefficient (Wildman–Crippen LogP) is 1.80. The fourth-order valence-electron chi connectivity index (χ4n) is 1.15. The molecule has 0 spiro atoms. The van der Waals surface area contributed by atoms with Gasteiger partial charge in [-0.1, -0.05) is 18.5 Å². The molecule has 0 atom stereocenters. The van der Waals surface area contributed by atoms with Crippen LogP contribution in [0.15, 0.2) is 6.07 Å². The van der Waals surface area contributed by atoms with Gasteiger partial charge >= 0.3 is 0 Å². The van der Waals surface area contributed by atoms with Crippen LogP contribution in [0.3, 0.4) is 0 Å². The van der Waals surface area contributed by atoms with Gasteiger partial charge in [0.1, 0.15) is 16.8 Å². The highest BCUT2D eigenvalue weighted by Gasteiger charge is 1.99. The van der Waals surface area contributed by atoms with Crippen molar-refractivity contribution in [2.45, 2.75) is 13.8 Å². The van der Waals surface area contributed by atoms with Crippen LogP contribution in [0.2, 0.25) is 5.15 Å². The van der Waals surface area contributed by atoms with Gasteiger partial charge in [-0.2, -0.15) is 0 Å². The molecule has 0 bridgehead atoms. The van der Waals surface area contributed by atoms with E-state index in [2.05, 4.69) is 34.2 Å². The fourth-order valence-corrected chi connectivity index (χ4v) is 1.38. The number of hydrogen-bond donors (Lipinski definition) is 1. The maximum atomic E-state index is 5.82. The van der Waals surface area contributed by atoms with Gasteiger partial charge in [-0.25, -0.2) is 9.97 Å². The minimum atomic E-state index is 0.480. The zero-order valence-electron chi connectivity index (χ0n) is 9.42. The van der Waals surface area contributed by atoms with Crippen molar-refractivity contribution in [1.29, 1.82) is 0 Å². The molecule has 0 aliphatic rings. The fraction of sp³-hybridized carbons (Fsp3) is 0.600. The lowest BCUT2D eigenvalue weighted by atomic mass is 10.5. The topological polar surface area (TPSA) is 41.0 Å². The van der Waals surface area contributed by atoms with Gasteiger partial charge in [0.25, 0.3) is 0 Å². The van der Waals surface area contributed by atoms with Gasteiger partial charge in [0.05, 0.1) is 0 Å². The first-order valence-corrected chi connectivity index (χ1v) is 5.43. The summed E-state index contributed by atoms with van der Waals surface area (Å²) in [5.41, 5.74) is 0. The van der Waals surface area contributed by atoms with Crippen molar-refractivity contribution in [3.8, 4) is 0 Å². The van der Waals surface area contributed by atoms with Gasteiger partial charge < -0.3 is 10.2 Å². The van der Waals surface area contributed by atoms with Gasteiger partial charge in [0.2, 0.25) is 0 Å². The molecule has 0 fully saturated rings. The minimum absolute atomic E-state index is 0.480. The van der Waals surface area contributed by atoms with Crippen molar-refractivity contribution in [3.05, 3.63) is 17.0 Å². The van der Waals surface area contributed by atoms with Crippen LogP contribution in [0.25, 0.3) is 0 Å². The van der Waals surface area contributed by atoms with E-state index in [-0.39, 0.29) is 0 Å². The maximum Gasteiger partial charge on any atom is 0.134 e. The van der Waals surface area contributed by atoms with Crippen molar-refractivity contribution in [2.75, 3.05) is 32.0 Å². The molecule has 1 aromatic heterocycles. The quantitative estimate of drug-likeness (QED) is 0.781. The Balaban J connectivity index is 2.43. The van der Waals surface area contributed by atoms with Crippen LogP contribution in [0.5, 0.6) is 0 Å². The van der Waals surface area contributed by atoms with Crippen molar-refractivity contribution < 1.29 is 0 Å². The smallest absolute Gasteiger partial charge is 0.134 e. The SMILES string of the molecule is CCN(C)CCNc1cc(Cl)nc(C)n1. The summed E-state index contributed by atoms with van der Waals surface area (Å²) in [6, 6.07) is 1.74. The standard InChI is InChI=1S/C10H17ClN4/c1-4-15(3)6-5-12-10-7-9(11)13-8(2)14-10/h7H,4-6H2,1-3H3,(H,12,13,14). The van der Waals surface area contributed by atoms with E-state index in [1.807, 2.05) is 6.92 Å². The Hall–Kier alpha value is -0.870. The number of anilines is 1. The van der Waals surface area contributed by atoms with Crippen LogP contribution in [-0.4, -0.2) is 41.5 Å². The molecule has 0 amide bonds. The predicted molar refractivity (Wildman–Crippen MR) is 63.4 cm³/mol. The molecule has 1 N–H and O–H groups in total. The molecule has 0 unspecified atom stereocenters. The maximum absolute atomic E-state index is 5.82. The summed E-state index contributed by atoms with van der Waals surface area (Å²) in [7, 11) is 2.08. The second-order valence-electron chi connectivity index (χ2n) is 3.45. The molecule has 84 valence electrons. The third kappa shape index (κ3) is 4.44. The Labute approximate surface area is 95.7 Å². The molecule has 1 aromatic rings. The summed E-state index contributed by atoms with van der Waals surface area (Å²) < 4.78 is 0. The molecule has 0 aromatic carbocycles. The summed E-state index contributed by atoms with van der Waals surface area (Å²) in [6.45, 7) is 6.85. The van der Waals surface area contributed by atoms with Crippen molar-refractivity contribution in [2.24, 2.45) is 0 Å². The molecule has 0 saturated heterocycles. The first-order chi connectivity index (χ1) is 7.11. The zero-order valence-corrected chi connectivity index (χ0v) is 10.2. The Kier molecular flexibility index (Phi) is 4.78. The highest BCUT2D eigenvalue weighted by Crippen LogP contribution is 2.10. The van der Waals surface area contributed by atoms with Gasteiger partial charge in [-0.3, -0.25) is 0 Å². The summed E-state index contributed by atoms with van der Waals surface area (Å²) >= 11 is 5.82. The zero-order chi connectivity index (χ0) is 11.3. The van der Waals surface area contributed by atoms with E-state index >= 15 is 0 Å². The molecule has 0 aliphatic carbocycles. The van der Waals surface area contributed by atoms with Crippen LogP contribution in [0, 0.1) is 6.92 Å². The third-order valence-corrected chi connectivity index (χ3v) is 2.34. The Morgan fingerprint density at radius 1 is 1.47 bits per heavy atom. The first kappa shape index (κ1) is 12.2. The molecule has 1 rings (SSSR count). The van der Waals surface area contributed by atoms with Crippen molar-refractivity contribution >= 4 is 17.4 Å². The van der Waals surface area contributed by atoms with Crippen LogP contribution >= 0.6 is 11.6 Å². The Bertz CT molecular complexity index is 296. The van der Waals surface area contributed by atoms with Crippen molar-refractivity contribution in [3.63, 3.8) is 0 Å². The van der Waals surface area contributed by atoms with E-state index in [0.717, 1.165) is 25.5 Å². The largest absolute Gasteiger partial charge is 0.369 e. The number of likely N-dealkylation sites (N-methyl/N-ethyl adjacent to an activating group) is 1. The highest BCUT2D eigenvalue weighted by molar-refractivity contribution is 6.29. The average molecular weight is 229 g/mol. The molecule has 1 heterocycles. The molecular formula is C10H17ClN4. The van der Waals surface area contributed by atoms with E-state index in [4.69, 9.17) is 11.6 Å². The Morgan fingerprint density at radius 2 is 2.20 bits per heavy atom. The molecule has 0 saturated carbocycles. The average Bonchev–Trinajstić information content (AvgIpc) is 2.16. The molecule has 5 heteroatoms. The highest BCUT2D eigenvalue weighted by atomic mass is 35.5. The number of aryl methyl sites for hydroxylation is 1. The molecule has 0 radical (unpaired) electrons. The number of hydrogen-bond acceptors (Lipinski definition) is 4.